The summed E-state index contributed by atoms with van der Waals surface area (Å²) >= 11 is 9.74. The molecule has 0 aliphatic rings. The van der Waals surface area contributed by atoms with Crippen LogP contribution in [0.5, 0.6) is 11.5 Å². The first-order chi connectivity index (χ1) is 13.4. The van der Waals surface area contributed by atoms with Gasteiger partial charge in [0.25, 0.3) is 5.91 Å². The third-order valence-corrected chi connectivity index (χ3v) is 5.07. The Morgan fingerprint density at radius 1 is 1.25 bits per heavy atom. The molecule has 6 nitrogen and oxygen atoms in total. The molecular formula is C20H19BrClN3O3. The maximum Gasteiger partial charge on any atom is 0.255 e. The maximum atomic E-state index is 12.8. The van der Waals surface area contributed by atoms with Gasteiger partial charge in [-0.2, -0.15) is 5.10 Å². The van der Waals surface area contributed by atoms with Gasteiger partial charge >= 0.3 is 0 Å². The van der Waals surface area contributed by atoms with E-state index in [1.807, 2.05) is 30.3 Å². The van der Waals surface area contributed by atoms with Crippen molar-refractivity contribution >= 4 is 33.4 Å². The molecule has 3 aromatic rings. The highest BCUT2D eigenvalue weighted by Gasteiger charge is 2.19. The Labute approximate surface area is 176 Å². The van der Waals surface area contributed by atoms with Gasteiger partial charge in [0, 0.05) is 25.4 Å². The van der Waals surface area contributed by atoms with Crippen LogP contribution in [0.25, 0.3) is 11.3 Å². The number of rotatable bonds is 6. The van der Waals surface area contributed by atoms with Gasteiger partial charge in [0.1, 0.15) is 5.69 Å². The maximum absolute atomic E-state index is 12.8. The number of nitrogens with zero attached hydrogens (tertiary/aromatic N) is 2. The van der Waals surface area contributed by atoms with Gasteiger partial charge in [-0.15, -0.1) is 0 Å². The predicted molar refractivity (Wildman–Crippen MR) is 112 cm³/mol. The summed E-state index contributed by atoms with van der Waals surface area (Å²) in [5.41, 5.74) is 2.57. The van der Waals surface area contributed by atoms with Crippen LogP contribution in [0.15, 0.2) is 47.1 Å². The molecule has 0 bridgehead atoms. The zero-order valence-electron chi connectivity index (χ0n) is 15.6. The van der Waals surface area contributed by atoms with Gasteiger partial charge in [0.15, 0.2) is 11.5 Å². The van der Waals surface area contributed by atoms with E-state index in [1.54, 1.807) is 38.2 Å². The summed E-state index contributed by atoms with van der Waals surface area (Å²) in [7, 11) is 4.91. The van der Waals surface area contributed by atoms with E-state index in [1.165, 1.54) is 0 Å². The zero-order chi connectivity index (χ0) is 20.3. The lowest BCUT2D eigenvalue weighted by atomic mass is 10.1. The number of aryl methyl sites for hydroxylation is 1. The lowest BCUT2D eigenvalue weighted by Gasteiger charge is -2.12. The van der Waals surface area contributed by atoms with Crippen molar-refractivity contribution in [3.8, 4) is 22.8 Å². The zero-order valence-corrected chi connectivity index (χ0v) is 18.0. The van der Waals surface area contributed by atoms with E-state index in [4.69, 9.17) is 21.1 Å². The number of carbonyl (C=O) groups is 1. The number of aromatic nitrogens is 2. The Hall–Kier alpha value is -2.51. The fourth-order valence-corrected chi connectivity index (χ4v) is 3.73. The Morgan fingerprint density at radius 2 is 2.00 bits per heavy atom. The number of ether oxygens (including phenoxy) is 2. The van der Waals surface area contributed by atoms with E-state index in [0.717, 1.165) is 10.0 Å². The summed E-state index contributed by atoms with van der Waals surface area (Å²) in [6.45, 7) is 0.314. The van der Waals surface area contributed by atoms with Gasteiger partial charge in [-0.1, -0.05) is 29.8 Å². The molecule has 0 fully saturated rings. The fraction of sp³-hybridized carbons (Fsp3) is 0.200. The minimum atomic E-state index is -0.242. The lowest BCUT2D eigenvalue weighted by molar-refractivity contribution is 0.0951. The van der Waals surface area contributed by atoms with Crippen LogP contribution in [-0.4, -0.2) is 29.9 Å². The third-order valence-electron chi connectivity index (χ3n) is 4.15. The number of amides is 1. The number of nitrogens with one attached hydrogen (secondary N) is 1. The molecule has 0 radical (unpaired) electrons. The van der Waals surface area contributed by atoms with Crippen LogP contribution in [0.1, 0.15) is 15.9 Å². The van der Waals surface area contributed by atoms with Crippen molar-refractivity contribution < 1.29 is 14.3 Å². The summed E-state index contributed by atoms with van der Waals surface area (Å²) in [6.07, 6.45) is 1.68. The predicted octanol–water partition coefficient (Wildman–Crippen LogP) is 4.45. The SMILES string of the molecule is COc1cc(CNC(=O)c2cn(C)nc2-c2ccccc2Cl)cc(Br)c1OC. The summed E-state index contributed by atoms with van der Waals surface area (Å²) in [6, 6.07) is 11.0. The molecule has 8 heteroatoms. The molecule has 0 atom stereocenters. The summed E-state index contributed by atoms with van der Waals surface area (Å²) in [5.74, 6) is 0.944. The molecule has 1 heterocycles. The van der Waals surface area contributed by atoms with Gasteiger partial charge in [-0.25, -0.2) is 0 Å². The minimum Gasteiger partial charge on any atom is -0.493 e. The van der Waals surface area contributed by atoms with E-state index in [2.05, 4.69) is 26.3 Å². The standard InChI is InChI=1S/C20H19BrClN3O3/c1-25-11-14(18(24-25)13-6-4-5-7-16(13)22)20(26)23-10-12-8-15(21)19(28-3)17(9-12)27-2/h4-9,11H,10H2,1-3H3,(H,23,26). The van der Waals surface area contributed by atoms with E-state index in [0.29, 0.717) is 39.9 Å². The number of carbonyl (C=O) groups excluding carboxylic acids is 1. The molecule has 2 aromatic carbocycles. The van der Waals surface area contributed by atoms with Crippen molar-refractivity contribution in [3.63, 3.8) is 0 Å². The van der Waals surface area contributed by atoms with E-state index in [-0.39, 0.29) is 5.91 Å². The van der Waals surface area contributed by atoms with Crippen molar-refractivity contribution in [1.82, 2.24) is 15.1 Å². The molecule has 1 aromatic heterocycles. The molecule has 0 unspecified atom stereocenters. The van der Waals surface area contributed by atoms with Crippen LogP contribution in [0.2, 0.25) is 5.02 Å². The first-order valence-corrected chi connectivity index (χ1v) is 9.58. The number of benzene rings is 2. The number of hydrogen-bond acceptors (Lipinski definition) is 4. The van der Waals surface area contributed by atoms with Gasteiger partial charge < -0.3 is 14.8 Å². The van der Waals surface area contributed by atoms with Crippen LogP contribution < -0.4 is 14.8 Å². The molecule has 1 N–H and O–H groups in total. The molecule has 0 aliphatic carbocycles. The number of halogens is 2. The molecule has 28 heavy (non-hydrogen) atoms. The summed E-state index contributed by atoms with van der Waals surface area (Å²) in [4.78, 5) is 12.8. The average Bonchev–Trinajstić information content (AvgIpc) is 3.07. The molecule has 0 spiro atoms. The normalized spacial score (nSPS) is 10.6. The molecule has 0 saturated carbocycles. The Morgan fingerprint density at radius 3 is 2.68 bits per heavy atom. The highest BCUT2D eigenvalue weighted by atomic mass is 79.9. The molecule has 146 valence electrons. The summed E-state index contributed by atoms with van der Waals surface area (Å²) < 4.78 is 13.0. The van der Waals surface area contributed by atoms with Gasteiger partial charge in [-0.05, 0) is 39.7 Å². The molecular weight excluding hydrogens is 446 g/mol. The second kappa shape index (κ2) is 8.67. The first kappa shape index (κ1) is 20.2. The minimum absolute atomic E-state index is 0.242. The van der Waals surface area contributed by atoms with Crippen LogP contribution in [0, 0.1) is 0 Å². The largest absolute Gasteiger partial charge is 0.493 e. The summed E-state index contributed by atoms with van der Waals surface area (Å²) in [5, 5.41) is 7.87. The first-order valence-electron chi connectivity index (χ1n) is 8.41. The molecule has 3 rings (SSSR count). The Kier molecular flexibility index (Phi) is 6.26. The number of methoxy groups -OCH3 is 2. The number of hydrogen-bond donors (Lipinski definition) is 1. The lowest BCUT2D eigenvalue weighted by Crippen LogP contribution is -2.23. The van der Waals surface area contributed by atoms with Crippen LogP contribution >= 0.6 is 27.5 Å². The van der Waals surface area contributed by atoms with Gasteiger partial charge in [-0.3, -0.25) is 9.48 Å². The van der Waals surface area contributed by atoms with Crippen molar-refractivity contribution in [3.05, 3.63) is 63.2 Å². The third kappa shape index (κ3) is 4.15. The van der Waals surface area contributed by atoms with Gasteiger partial charge in [0.2, 0.25) is 0 Å². The Bertz CT molecular complexity index is 1020. The smallest absolute Gasteiger partial charge is 0.255 e. The highest BCUT2D eigenvalue weighted by Crippen LogP contribution is 2.36. The monoisotopic (exact) mass is 463 g/mol. The van der Waals surface area contributed by atoms with E-state index in [9.17, 15) is 4.79 Å². The van der Waals surface area contributed by atoms with Gasteiger partial charge in [0.05, 0.1) is 29.3 Å². The van der Waals surface area contributed by atoms with E-state index < -0.39 is 0 Å². The second-order valence-corrected chi connectivity index (χ2v) is 7.30. The van der Waals surface area contributed by atoms with Crippen LogP contribution in [0.3, 0.4) is 0 Å². The topological polar surface area (TPSA) is 65.4 Å². The van der Waals surface area contributed by atoms with Crippen LogP contribution in [0.4, 0.5) is 0 Å². The Balaban J connectivity index is 1.84. The average molecular weight is 465 g/mol. The van der Waals surface area contributed by atoms with E-state index >= 15 is 0 Å². The van der Waals surface area contributed by atoms with Crippen LogP contribution in [-0.2, 0) is 13.6 Å². The molecule has 1 amide bonds. The van der Waals surface area contributed by atoms with Crippen molar-refractivity contribution in [2.45, 2.75) is 6.54 Å². The quantitative estimate of drug-likeness (QED) is 0.585. The molecule has 0 saturated heterocycles. The molecule has 0 aliphatic heterocycles. The van der Waals surface area contributed by atoms with Crippen molar-refractivity contribution in [1.29, 1.82) is 0 Å². The highest BCUT2D eigenvalue weighted by molar-refractivity contribution is 9.10. The fourth-order valence-electron chi connectivity index (χ4n) is 2.86. The van der Waals surface area contributed by atoms with Crippen molar-refractivity contribution in [2.75, 3.05) is 14.2 Å². The van der Waals surface area contributed by atoms with Crippen molar-refractivity contribution in [2.24, 2.45) is 7.05 Å². The second-order valence-electron chi connectivity index (χ2n) is 6.04.